The molecule has 0 saturated carbocycles. The van der Waals surface area contributed by atoms with Crippen LogP contribution >= 0.6 is 11.8 Å². The number of aromatic nitrogens is 2. The Balaban J connectivity index is 1.75. The van der Waals surface area contributed by atoms with E-state index < -0.39 is 0 Å². The molecule has 2 rings (SSSR count). The molecule has 7 nitrogen and oxygen atoms in total. The number of amides is 1. The molecule has 8 heteroatoms. The van der Waals surface area contributed by atoms with E-state index in [2.05, 4.69) is 15.5 Å². The van der Waals surface area contributed by atoms with Crippen molar-refractivity contribution < 1.29 is 13.9 Å². The zero-order valence-electron chi connectivity index (χ0n) is 12.6. The van der Waals surface area contributed by atoms with E-state index in [1.54, 1.807) is 0 Å². The van der Waals surface area contributed by atoms with Crippen LogP contribution in [0.3, 0.4) is 0 Å². The van der Waals surface area contributed by atoms with Crippen molar-refractivity contribution in [1.29, 1.82) is 5.26 Å². The zero-order valence-corrected chi connectivity index (χ0v) is 13.4. The summed E-state index contributed by atoms with van der Waals surface area (Å²) >= 11 is 1.14. The maximum atomic E-state index is 11.5. The molecule has 0 aliphatic carbocycles. The SMILES string of the molecule is Cc1cccc(OCc2nnc(SCC(=O)NCCC#N)o2)c1. The summed E-state index contributed by atoms with van der Waals surface area (Å²) in [6, 6.07) is 9.61. The topological polar surface area (TPSA) is 101 Å². The molecule has 1 heterocycles. The lowest BCUT2D eigenvalue weighted by molar-refractivity contribution is -0.118. The molecule has 120 valence electrons. The molecule has 0 fully saturated rings. The van der Waals surface area contributed by atoms with Gasteiger partial charge in [-0.25, -0.2) is 0 Å². The third-order valence-corrected chi connectivity index (χ3v) is 3.50. The number of nitrogens with zero attached hydrogens (tertiary/aromatic N) is 3. The molecule has 0 spiro atoms. The van der Waals surface area contributed by atoms with Crippen LogP contribution in [0, 0.1) is 18.3 Å². The molecule has 0 atom stereocenters. The van der Waals surface area contributed by atoms with E-state index >= 15 is 0 Å². The van der Waals surface area contributed by atoms with Gasteiger partial charge in [-0.15, -0.1) is 10.2 Å². The van der Waals surface area contributed by atoms with Gasteiger partial charge in [-0.05, 0) is 24.6 Å². The maximum Gasteiger partial charge on any atom is 0.277 e. The molecular formula is C15H16N4O3S. The van der Waals surface area contributed by atoms with E-state index in [1.807, 2.05) is 37.3 Å². The lowest BCUT2D eigenvalue weighted by Crippen LogP contribution is -2.25. The molecule has 1 aromatic carbocycles. The predicted octanol–water partition coefficient (Wildman–Crippen LogP) is 2.08. The van der Waals surface area contributed by atoms with Crippen molar-refractivity contribution in [1.82, 2.24) is 15.5 Å². The predicted molar refractivity (Wildman–Crippen MR) is 83.8 cm³/mol. The Morgan fingerprint density at radius 2 is 2.35 bits per heavy atom. The average molecular weight is 332 g/mol. The second kappa shape index (κ2) is 8.80. The third kappa shape index (κ3) is 6.00. The van der Waals surface area contributed by atoms with Crippen molar-refractivity contribution in [3.63, 3.8) is 0 Å². The van der Waals surface area contributed by atoms with Crippen LogP contribution in [0.15, 0.2) is 33.9 Å². The highest BCUT2D eigenvalue weighted by atomic mass is 32.2. The monoisotopic (exact) mass is 332 g/mol. The van der Waals surface area contributed by atoms with Gasteiger partial charge in [0, 0.05) is 6.54 Å². The first-order chi connectivity index (χ1) is 11.2. The van der Waals surface area contributed by atoms with Crippen LogP contribution < -0.4 is 10.1 Å². The Labute approximate surface area is 138 Å². The number of hydrogen-bond acceptors (Lipinski definition) is 7. The Hall–Kier alpha value is -2.53. The van der Waals surface area contributed by atoms with Crippen LogP contribution in [-0.4, -0.2) is 28.4 Å². The fraction of sp³-hybridized carbons (Fsp3) is 0.333. The van der Waals surface area contributed by atoms with Crippen LogP contribution in [0.4, 0.5) is 0 Å². The minimum atomic E-state index is -0.180. The summed E-state index contributed by atoms with van der Waals surface area (Å²) < 4.78 is 11.0. The first-order valence-corrected chi connectivity index (χ1v) is 7.94. The van der Waals surface area contributed by atoms with Crippen molar-refractivity contribution in [2.45, 2.75) is 25.2 Å². The summed E-state index contributed by atoms with van der Waals surface area (Å²) in [7, 11) is 0. The Bertz CT molecular complexity index is 696. The summed E-state index contributed by atoms with van der Waals surface area (Å²) in [5.74, 6) is 1.06. The molecule has 1 N–H and O–H groups in total. The normalized spacial score (nSPS) is 10.1. The molecule has 0 aliphatic heterocycles. The molecule has 0 saturated heterocycles. The minimum absolute atomic E-state index is 0.159. The second-order valence-electron chi connectivity index (χ2n) is 4.61. The molecule has 1 aromatic heterocycles. The van der Waals surface area contributed by atoms with Crippen molar-refractivity contribution in [3.8, 4) is 11.8 Å². The van der Waals surface area contributed by atoms with Crippen molar-refractivity contribution in [2.24, 2.45) is 0 Å². The maximum absolute atomic E-state index is 11.5. The number of ether oxygens (including phenoxy) is 1. The molecular weight excluding hydrogens is 316 g/mol. The van der Waals surface area contributed by atoms with Crippen LogP contribution in [0.2, 0.25) is 0 Å². The van der Waals surface area contributed by atoms with Gasteiger partial charge in [0.15, 0.2) is 6.61 Å². The van der Waals surface area contributed by atoms with Gasteiger partial charge in [0.2, 0.25) is 5.91 Å². The lowest BCUT2D eigenvalue weighted by atomic mass is 10.2. The molecule has 1 amide bonds. The quantitative estimate of drug-likeness (QED) is 0.583. The van der Waals surface area contributed by atoms with Crippen molar-refractivity contribution in [3.05, 3.63) is 35.7 Å². The number of carbonyl (C=O) groups is 1. The number of hydrogen-bond donors (Lipinski definition) is 1. The van der Waals surface area contributed by atoms with Gasteiger partial charge in [0.1, 0.15) is 5.75 Å². The van der Waals surface area contributed by atoms with Gasteiger partial charge in [-0.2, -0.15) is 5.26 Å². The number of thioether (sulfide) groups is 1. The first-order valence-electron chi connectivity index (χ1n) is 6.95. The van der Waals surface area contributed by atoms with Crippen molar-refractivity contribution in [2.75, 3.05) is 12.3 Å². The van der Waals surface area contributed by atoms with E-state index in [1.165, 1.54) is 0 Å². The number of nitrogens with one attached hydrogen (secondary N) is 1. The van der Waals surface area contributed by atoms with E-state index in [-0.39, 0.29) is 24.7 Å². The van der Waals surface area contributed by atoms with E-state index in [0.29, 0.717) is 17.7 Å². The highest BCUT2D eigenvalue weighted by Crippen LogP contribution is 2.18. The van der Waals surface area contributed by atoms with Gasteiger partial charge in [-0.3, -0.25) is 4.79 Å². The molecule has 0 aliphatic rings. The van der Waals surface area contributed by atoms with E-state index in [4.69, 9.17) is 14.4 Å². The van der Waals surface area contributed by atoms with Gasteiger partial charge in [0.05, 0.1) is 18.2 Å². The highest BCUT2D eigenvalue weighted by molar-refractivity contribution is 7.99. The van der Waals surface area contributed by atoms with Crippen LogP contribution in [0.1, 0.15) is 17.9 Å². The number of aryl methyl sites for hydroxylation is 1. The van der Waals surface area contributed by atoms with Crippen molar-refractivity contribution >= 4 is 17.7 Å². The number of nitriles is 1. The first kappa shape index (κ1) is 16.8. The zero-order chi connectivity index (χ0) is 16.5. The van der Waals surface area contributed by atoms with Crippen LogP contribution in [0.5, 0.6) is 5.75 Å². The molecule has 0 radical (unpaired) electrons. The van der Waals surface area contributed by atoms with Gasteiger partial charge < -0.3 is 14.5 Å². The summed E-state index contributed by atoms with van der Waals surface area (Å²) in [6.45, 7) is 2.50. The second-order valence-corrected chi connectivity index (χ2v) is 5.54. The van der Waals surface area contributed by atoms with Crippen LogP contribution in [0.25, 0.3) is 0 Å². The molecule has 0 bridgehead atoms. The fourth-order valence-electron chi connectivity index (χ4n) is 1.64. The number of rotatable bonds is 8. The minimum Gasteiger partial charge on any atom is -0.484 e. The lowest BCUT2D eigenvalue weighted by Gasteiger charge is -2.03. The summed E-state index contributed by atoms with van der Waals surface area (Å²) in [5, 5.41) is 19.0. The standard InChI is InChI=1S/C15H16N4O3S/c1-11-4-2-5-12(8-11)21-9-14-18-19-15(22-14)23-10-13(20)17-7-3-6-16/h2,4-5,8H,3,7,9-10H2,1H3,(H,17,20). The van der Waals surface area contributed by atoms with E-state index in [9.17, 15) is 4.79 Å². The molecule has 0 unspecified atom stereocenters. The summed E-state index contributed by atoms with van der Waals surface area (Å²) in [6.07, 6.45) is 0.289. The number of benzene rings is 1. The van der Waals surface area contributed by atoms with Gasteiger partial charge in [0.25, 0.3) is 11.1 Å². The largest absolute Gasteiger partial charge is 0.484 e. The Kier molecular flexibility index (Phi) is 6.44. The fourth-order valence-corrected chi connectivity index (χ4v) is 2.25. The summed E-state index contributed by atoms with van der Waals surface area (Å²) in [4.78, 5) is 11.5. The molecule has 23 heavy (non-hydrogen) atoms. The Morgan fingerprint density at radius 3 is 3.13 bits per heavy atom. The Morgan fingerprint density at radius 1 is 1.48 bits per heavy atom. The van der Waals surface area contributed by atoms with Crippen LogP contribution in [-0.2, 0) is 11.4 Å². The van der Waals surface area contributed by atoms with E-state index in [0.717, 1.165) is 23.1 Å². The average Bonchev–Trinajstić information content (AvgIpc) is 2.99. The third-order valence-electron chi connectivity index (χ3n) is 2.69. The van der Waals surface area contributed by atoms with Gasteiger partial charge >= 0.3 is 0 Å². The smallest absolute Gasteiger partial charge is 0.277 e. The number of carbonyl (C=O) groups excluding carboxylic acids is 1. The summed E-state index contributed by atoms with van der Waals surface area (Å²) in [5.41, 5.74) is 1.10. The highest BCUT2D eigenvalue weighted by Gasteiger charge is 2.10. The molecule has 2 aromatic rings. The van der Waals surface area contributed by atoms with Gasteiger partial charge in [-0.1, -0.05) is 23.9 Å².